The first-order valence-electron chi connectivity index (χ1n) is 20.5. The van der Waals surface area contributed by atoms with E-state index in [1.54, 1.807) is 18.1 Å². The number of amides is 3. The highest BCUT2D eigenvalue weighted by atomic mass is 16.5. The summed E-state index contributed by atoms with van der Waals surface area (Å²) in [5.74, 6) is 0.798. The molecule has 4 heterocycles. The molecular weight excluding hydrogens is 755 g/mol. The van der Waals surface area contributed by atoms with Crippen LogP contribution in [0.15, 0.2) is 103 Å². The molecule has 306 valence electrons. The highest BCUT2D eigenvalue weighted by molar-refractivity contribution is 5.91. The summed E-state index contributed by atoms with van der Waals surface area (Å²) >= 11 is 0. The summed E-state index contributed by atoms with van der Waals surface area (Å²) in [6, 6.07) is 31.3. The predicted octanol–water partition coefficient (Wildman–Crippen LogP) is 7.70. The van der Waals surface area contributed by atoms with Gasteiger partial charge in [-0.3, -0.25) is 9.59 Å². The number of imidazole rings is 2. The number of methoxy groups -OCH3 is 1. The molecule has 2 aliphatic heterocycles. The highest BCUT2D eigenvalue weighted by Gasteiger charge is 2.41. The second-order valence-corrected chi connectivity index (χ2v) is 16.0. The van der Waals surface area contributed by atoms with Gasteiger partial charge in [-0.05, 0) is 77.4 Å². The average molecular weight is 804 g/mol. The van der Waals surface area contributed by atoms with Gasteiger partial charge in [-0.1, -0.05) is 92.7 Å². The normalized spacial score (nSPS) is 18.7. The van der Waals surface area contributed by atoms with E-state index in [0.29, 0.717) is 25.3 Å². The van der Waals surface area contributed by atoms with Gasteiger partial charge in [-0.25, -0.2) is 14.8 Å². The Morgan fingerprint density at radius 1 is 0.800 bits per heavy atom. The van der Waals surface area contributed by atoms with Crippen molar-refractivity contribution in [2.24, 2.45) is 11.8 Å². The van der Waals surface area contributed by atoms with Gasteiger partial charge in [0.25, 0.3) is 0 Å². The number of nitrogens with one attached hydrogen (secondary N) is 4. The molecule has 2 fully saturated rings. The summed E-state index contributed by atoms with van der Waals surface area (Å²) in [6.07, 6.45) is 5.14. The zero-order valence-corrected chi connectivity index (χ0v) is 34.2. The van der Waals surface area contributed by atoms with Crippen molar-refractivity contribution in [2.45, 2.75) is 57.3 Å². The van der Waals surface area contributed by atoms with Crippen molar-refractivity contribution >= 4 is 28.7 Å². The molecule has 3 amide bonds. The topological polar surface area (TPSA) is 172 Å². The molecule has 0 aliphatic carbocycles. The van der Waals surface area contributed by atoms with Gasteiger partial charge in [0.1, 0.15) is 23.7 Å². The average Bonchev–Trinajstić information content (AvgIpc) is 4.12. The highest BCUT2D eigenvalue weighted by Crippen LogP contribution is 2.38. The number of aromatic nitrogens is 4. The summed E-state index contributed by atoms with van der Waals surface area (Å²) in [6.45, 7) is 4.76. The van der Waals surface area contributed by atoms with Crippen molar-refractivity contribution < 1.29 is 19.1 Å². The van der Waals surface area contributed by atoms with E-state index in [2.05, 4.69) is 87.3 Å². The number of carbonyl (C=O) groups is 3. The molecule has 13 nitrogen and oxygen atoms in total. The Morgan fingerprint density at radius 3 is 2.07 bits per heavy atom. The second kappa shape index (κ2) is 17.2. The van der Waals surface area contributed by atoms with Crippen LogP contribution >= 0.6 is 0 Å². The smallest absolute Gasteiger partial charge is 0.407 e. The van der Waals surface area contributed by atoms with Crippen molar-refractivity contribution in [3.63, 3.8) is 0 Å². The van der Waals surface area contributed by atoms with E-state index >= 15 is 0 Å². The summed E-state index contributed by atoms with van der Waals surface area (Å²) in [4.78, 5) is 59.4. The lowest BCUT2D eigenvalue weighted by atomic mass is 9.98. The number of hydrogen-bond donors (Lipinski definition) is 4. The molecule has 5 atom stereocenters. The Balaban J connectivity index is 0.955. The molecule has 13 heteroatoms. The Kier molecular flexibility index (Phi) is 11.5. The zero-order valence-electron chi connectivity index (χ0n) is 34.2. The maximum absolute atomic E-state index is 13.9. The van der Waals surface area contributed by atoms with Crippen LogP contribution in [0.4, 0.5) is 4.79 Å². The zero-order chi connectivity index (χ0) is 41.9. The summed E-state index contributed by atoms with van der Waals surface area (Å²) in [5.41, 5.74) is 6.71. The molecule has 0 radical (unpaired) electrons. The number of nitrogens with zero attached hydrogens (tertiary/aromatic N) is 5. The molecule has 4 aromatic carbocycles. The van der Waals surface area contributed by atoms with Gasteiger partial charge in [0.05, 0.1) is 55.0 Å². The van der Waals surface area contributed by atoms with Crippen molar-refractivity contribution in [2.75, 3.05) is 27.2 Å². The van der Waals surface area contributed by atoms with Gasteiger partial charge in [0.15, 0.2) is 0 Å². The van der Waals surface area contributed by atoms with Crippen molar-refractivity contribution in [3.05, 3.63) is 121 Å². The number of alkyl carbamates (subject to hydrolysis) is 1. The molecule has 0 spiro atoms. The fourth-order valence-electron chi connectivity index (χ4n) is 8.61. The number of rotatable bonds is 11. The van der Waals surface area contributed by atoms with Crippen LogP contribution in [-0.4, -0.2) is 80.9 Å². The lowest BCUT2D eigenvalue weighted by molar-refractivity contribution is -0.136. The third kappa shape index (κ3) is 7.98. The van der Waals surface area contributed by atoms with Crippen LogP contribution in [0, 0.1) is 23.2 Å². The number of fused-ring (bicyclic) bond motifs is 1. The van der Waals surface area contributed by atoms with Gasteiger partial charge in [0.2, 0.25) is 11.8 Å². The molecule has 2 aromatic heterocycles. The van der Waals surface area contributed by atoms with E-state index in [1.807, 2.05) is 55.3 Å². The molecule has 0 unspecified atom stereocenters. The number of likely N-dealkylation sites (tertiary alicyclic amines) is 2. The number of H-pyrrole nitrogens is 2. The molecule has 2 aliphatic rings. The van der Waals surface area contributed by atoms with Crippen LogP contribution < -0.4 is 10.6 Å². The minimum Gasteiger partial charge on any atom is -0.453 e. The van der Waals surface area contributed by atoms with Crippen molar-refractivity contribution in [1.29, 1.82) is 5.26 Å². The maximum Gasteiger partial charge on any atom is 0.407 e. The van der Waals surface area contributed by atoms with Crippen molar-refractivity contribution in [3.8, 4) is 39.7 Å². The monoisotopic (exact) mass is 803 g/mol. The fourth-order valence-corrected chi connectivity index (χ4v) is 8.61. The third-order valence-corrected chi connectivity index (χ3v) is 11.9. The molecular formula is C47H49N9O4. The molecule has 0 bridgehead atoms. The van der Waals surface area contributed by atoms with Crippen LogP contribution in [0.25, 0.3) is 44.4 Å². The van der Waals surface area contributed by atoms with Crippen LogP contribution in [0.5, 0.6) is 0 Å². The van der Waals surface area contributed by atoms with Crippen LogP contribution in [-0.2, 0) is 14.3 Å². The van der Waals surface area contributed by atoms with E-state index in [9.17, 15) is 19.6 Å². The first kappa shape index (κ1) is 40.0. The number of aromatic amines is 2. The first-order chi connectivity index (χ1) is 29.1. The number of carbonyl (C=O) groups excluding carboxylic acids is 3. The van der Waals surface area contributed by atoms with E-state index in [1.165, 1.54) is 7.11 Å². The van der Waals surface area contributed by atoms with Gasteiger partial charge in [-0.15, -0.1) is 0 Å². The largest absolute Gasteiger partial charge is 0.453 e. The van der Waals surface area contributed by atoms with E-state index in [0.717, 1.165) is 68.6 Å². The summed E-state index contributed by atoms with van der Waals surface area (Å²) < 4.78 is 4.77. The van der Waals surface area contributed by atoms with E-state index in [4.69, 9.17) is 14.7 Å². The molecule has 4 N–H and O–H groups in total. The fraction of sp³-hybridized carbons (Fsp3) is 0.319. The van der Waals surface area contributed by atoms with E-state index < -0.39 is 18.2 Å². The Labute approximate surface area is 349 Å². The molecule has 8 rings (SSSR count). The molecule has 2 saturated heterocycles. The molecule has 6 aromatic rings. The predicted molar refractivity (Wildman–Crippen MR) is 229 cm³/mol. The van der Waals surface area contributed by atoms with Crippen molar-refractivity contribution in [1.82, 2.24) is 40.4 Å². The number of hydrogen-bond acceptors (Lipinski definition) is 8. The standard InChI is InChI=1S/C47H49N9O4/c1-28(2)41(54-47(59)60-4)45(57)55-20-8-11-39(55)43-50-25-37(52-43)31-14-12-30(13-15-31)33-16-17-35-23-36(19-18-34(35)22-33)38-26-51-44(53-38)40-21-29(24-48)27-56(40)46(58)42(49-3)32-9-6-5-7-10-32/h5-7,9-10,12-19,22-23,25-26,28-29,39-42,49H,8,11,20-21,27H2,1-4H3,(H,50,52)(H,51,53)(H,54,59)/t29-,39+,40+,41+,42-/m1/s1. The van der Waals surface area contributed by atoms with Crippen LogP contribution in [0.3, 0.4) is 0 Å². The van der Waals surface area contributed by atoms with Gasteiger partial charge in [-0.2, -0.15) is 5.26 Å². The van der Waals surface area contributed by atoms with E-state index in [-0.39, 0.29) is 35.7 Å². The van der Waals surface area contributed by atoms with Crippen LogP contribution in [0.1, 0.15) is 68.4 Å². The lowest BCUT2D eigenvalue weighted by Crippen LogP contribution is -2.51. The Hall–Kier alpha value is -6.78. The van der Waals surface area contributed by atoms with Gasteiger partial charge >= 0.3 is 6.09 Å². The SMILES string of the molecule is CN[C@@H](C(=O)N1C[C@@H](C#N)C[C@H]1c1ncc(-c2ccc3cc(-c4ccc(-c5cnc([C@@H]6CCCN6C(=O)[C@@H](NC(=O)OC)C(C)C)[nH]5)cc4)ccc3c2)[nH]1)c1ccccc1. The third-order valence-electron chi connectivity index (χ3n) is 11.9. The molecule has 0 saturated carbocycles. The summed E-state index contributed by atoms with van der Waals surface area (Å²) in [5, 5.41) is 17.9. The molecule has 60 heavy (non-hydrogen) atoms. The van der Waals surface area contributed by atoms with Crippen LogP contribution in [0.2, 0.25) is 0 Å². The number of ether oxygens (including phenoxy) is 1. The minimum absolute atomic E-state index is 0.0788. The number of nitriles is 1. The minimum atomic E-state index is -0.688. The maximum atomic E-state index is 13.9. The lowest BCUT2D eigenvalue weighted by Gasteiger charge is -2.30. The second-order valence-electron chi connectivity index (χ2n) is 16.0. The van der Waals surface area contributed by atoms with Gasteiger partial charge in [0, 0.05) is 18.7 Å². The quantitative estimate of drug-likeness (QED) is 0.103. The first-order valence-corrected chi connectivity index (χ1v) is 20.5. The Bertz CT molecular complexity index is 2540. The number of likely N-dealkylation sites (N-methyl/N-ethyl adjacent to an activating group) is 1. The summed E-state index contributed by atoms with van der Waals surface area (Å²) in [7, 11) is 3.07. The van der Waals surface area contributed by atoms with Gasteiger partial charge < -0.3 is 35.1 Å². The Morgan fingerprint density at radius 2 is 1.42 bits per heavy atom. The number of benzene rings is 4.